The van der Waals surface area contributed by atoms with Crippen LogP contribution < -0.4 is 10.2 Å². The second kappa shape index (κ2) is 9.72. The molecule has 0 spiro atoms. The first-order valence-electron chi connectivity index (χ1n) is 11.4. The molecule has 1 unspecified atom stereocenters. The fraction of sp³-hybridized carbons (Fsp3) is 0.583. The van der Waals surface area contributed by atoms with Gasteiger partial charge in [-0.15, -0.1) is 0 Å². The van der Waals surface area contributed by atoms with Crippen LogP contribution >= 0.6 is 23.2 Å². The summed E-state index contributed by atoms with van der Waals surface area (Å²) in [5, 5.41) is 14.8. The molecule has 3 heterocycles. The molecule has 1 aromatic heterocycles. The second-order valence-electron chi connectivity index (χ2n) is 9.91. The molecule has 0 radical (unpaired) electrons. The van der Waals surface area contributed by atoms with Crippen LogP contribution in [0.3, 0.4) is 0 Å². The van der Waals surface area contributed by atoms with Crippen molar-refractivity contribution < 1.29 is 5.11 Å². The van der Waals surface area contributed by atoms with Gasteiger partial charge in [0.2, 0.25) is 5.95 Å². The standard InChI is InChI=1S/C24H33Cl2N5O/c1-16-10-28-23(29-22(16)27-11-17-6-7-20(25)9-21(17)26)31-13-19(14-31)18-5-4-8-30(12-18)15-24(2,3)32/h6-7,9-10,18-19,32H,4-5,8,11-15H2,1-3H3,(H,27,28,29). The van der Waals surface area contributed by atoms with Crippen LogP contribution in [0.25, 0.3) is 0 Å². The van der Waals surface area contributed by atoms with Gasteiger partial charge in [0.1, 0.15) is 5.82 Å². The van der Waals surface area contributed by atoms with Gasteiger partial charge in [0, 0.05) is 54.5 Å². The van der Waals surface area contributed by atoms with Crippen LogP contribution in [0.1, 0.15) is 37.8 Å². The molecule has 4 rings (SSSR count). The Morgan fingerprint density at radius 3 is 2.69 bits per heavy atom. The molecule has 1 atom stereocenters. The average Bonchev–Trinajstić information content (AvgIpc) is 2.67. The lowest BCUT2D eigenvalue weighted by atomic mass is 9.80. The fourth-order valence-electron chi connectivity index (χ4n) is 4.75. The monoisotopic (exact) mass is 477 g/mol. The summed E-state index contributed by atoms with van der Waals surface area (Å²) in [5.74, 6) is 2.95. The maximum atomic E-state index is 10.2. The highest BCUT2D eigenvalue weighted by Crippen LogP contribution is 2.33. The van der Waals surface area contributed by atoms with Gasteiger partial charge in [-0.25, -0.2) is 4.98 Å². The number of aryl methyl sites for hydroxylation is 1. The van der Waals surface area contributed by atoms with E-state index in [0.29, 0.717) is 28.4 Å². The van der Waals surface area contributed by atoms with Gasteiger partial charge in [-0.2, -0.15) is 4.98 Å². The van der Waals surface area contributed by atoms with E-state index in [0.717, 1.165) is 55.6 Å². The van der Waals surface area contributed by atoms with E-state index in [2.05, 4.69) is 20.1 Å². The minimum Gasteiger partial charge on any atom is -0.389 e. The first-order chi connectivity index (χ1) is 15.2. The van der Waals surface area contributed by atoms with Crippen LogP contribution in [0.2, 0.25) is 10.0 Å². The van der Waals surface area contributed by atoms with Crippen LogP contribution in [0.5, 0.6) is 0 Å². The lowest BCUT2D eigenvalue weighted by molar-refractivity contribution is 0.0132. The number of β-amino-alcohol motifs (C(OH)–C–C–N with tert-alkyl or cyclic N) is 1. The molecule has 32 heavy (non-hydrogen) atoms. The molecule has 1 aromatic carbocycles. The number of hydrogen-bond acceptors (Lipinski definition) is 6. The van der Waals surface area contributed by atoms with Gasteiger partial charge in [-0.1, -0.05) is 29.3 Å². The maximum Gasteiger partial charge on any atom is 0.227 e. The number of halogens is 2. The molecule has 0 bridgehead atoms. The Morgan fingerprint density at radius 1 is 1.19 bits per heavy atom. The number of anilines is 2. The smallest absolute Gasteiger partial charge is 0.227 e. The highest BCUT2D eigenvalue weighted by molar-refractivity contribution is 6.35. The highest BCUT2D eigenvalue weighted by atomic mass is 35.5. The average molecular weight is 478 g/mol. The Morgan fingerprint density at radius 2 is 1.97 bits per heavy atom. The summed E-state index contributed by atoms with van der Waals surface area (Å²) in [6.07, 6.45) is 4.36. The van der Waals surface area contributed by atoms with E-state index in [1.165, 1.54) is 12.8 Å². The number of hydrogen-bond donors (Lipinski definition) is 2. The van der Waals surface area contributed by atoms with Crippen molar-refractivity contribution in [2.45, 2.75) is 45.8 Å². The van der Waals surface area contributed by atoms with Crippen LogP contribution in [0.4, 0.5) is 11.8 Å². The van der Waals surface area contributed by atoms with Gasteiger partial charge >= 0.3 is 0 Å². The lowest BCUT2D eigenvalue weighted by Crippen LogP contribution is -2.55. The molecule has 174 valence electrons. The summed E-state index contributed by atoms with van der Waals surface area (Å²) in [6, 6.07) is 5.53. The topological polar surface area (TPSA) is 64.5 Å². The number of aromatic nitrogens is 2. The Bertz CT molecular complexity index is 942. The molecule has 0 amide bonds. The van der Waals surface area contributed by atoms with Crippen molar-refractivity contribution in [2.75, 3.05) is 42.9 Å². The Balaban J connectivity index is 1.33. The molecule has 0 aliphatic carbocycles. The highest BCUT2D eigenvalue weighted by Gasteiger charge is 2.37. The number of benzene rings is 1. The van der Waals surface area contributed by atoms with E-state index in [1.807, 2.05) is 39.1 Å². The third kappa shape index (κ3) is 5.84. The van der Waals surface area contributed by atoms with E-state index < -0.39 is 5.60 Å². The van der Waals surface area contributed by atoms with Crippen molar-refractivity contribution in [3.05, 3.63) is 45.6 Å². The molecular weight excluding hydrogens is 445 g/mol. The normalized spacial score (nSPS) is 20.3. The molecule has 2 N–H and O–H groups in total. The number of nitrogens with zero attached hydrogens (tertiary/aromatic N) is 4. The van der Waals surface area contributed by atoms with Crippen molar-refractivity contribution in [1.82, 2.24) is 14.9 Å². The van der Waals surface area contributed by atoms with Crippen LogP contribution in [-0.2, 0) is 6.54 Å². The number of aliphatic hydroxyl groups is 1. The zero-order chi connectivity index (χ0) is 22.9. The summed E-state index contributed by atoms with van der Waals surface area (Å²) >= 11 is 12.3. The van der Waals surface area contributed by atoms with Gasteiger partial charge in [0.25, 0.3) is 0 Å². The van der Waals surface area contributed by atoms with E-state index >= 15 is 0 Å². The molecular formula is C24H33Cl2N5O. The van der Waals surface area contributed by atoms with Crippen LogP contribution in [0, 0.1) is 18.8 Å². The van der Waals surface area contributed by atoms with E-state index in [9.17, 15) is 5.11 Å². The SMILES string of the molecule is Cc1cnc(N2CC(C3CCCN(CC(C)(C)O)C3)C2)nc1NCc1ccc(Cl)cc1Cl. The summed E-state index contributed by atoms with van der Waals surface area (Å²) < 4.78 is 0. The summed E-state index contributed by atoms with van der Waals surface area (Å²) in [4.78, 5) is 14.0. The molecule has 6 nitrogen and oxygen atoms in total. The van der Waals surface area contributed by atoms with E-state index in [1.54, 1.807) is 6.07 Å². The quantitative estimate of drug-likeness (QED) is 0.606. The third-order valence-electron chi connectivity index (χ3n) is 6.43. The number of rotatable bonds is 7. The zero-order valence-corrected chi connectivity index (χ0v) is 20.6. The Labute approximate surface area is 200 Å². The maximum absolute atomic E-state index is 10.2. The lowest BCUT2D eigenvalue weighted by Gasteiger charge is -2.47. The third-order valence-corrected chi connectivity index (χ3v) is 7.02. The fourth-order valence-corrected chi connectivity index (χ4v) is 5.22. The summed E-state index contributed by atoms with van der Waals surface area (Å²) in [7, 11) is 0. The van der Waals surface area contributed by atoms with Crippen molar-refractivity contribution in [1.29, 1.82) is 0 Å². The van der Waals surface area contributed by atoms with E-state index in [4.69, 9.17) is 28.2 Å². The number of nitrogens with one attached hydrogen (secondary N) is 1. The molecule has 2 aliphatic heterocycles. The molecule has 2 aromatic rings. The van der Waals surface area contributed by atoms with Crippen molar-refractivity contribution in [3.8, 4) is 0 Å². The second-order valence-corrected chi connectivity index (χ2v) is 10.7. The number of likely N-dealkylation sites (tertiary alicyclic amines) is 1. The van der Waals surface area contributed by atoms with Crippen LogP contribution in [0.15, 0.2) is 24.4 Å². The van der Waals surface area contributed by atoms with Gasteiger partial charge in [0.15, 0.2) is 0 Å². The Kier molecular flexibility index (Phi) is 7.15. The Hall–Kier alpha value is -1.60. The molecule has 2 fully saturated rings. The molecule has 2 aliphatic rings. The molecule has 2 saturated heterocycles. The predicted octanol–water partition coefficient (Wildman–Crippen LogP) is 4.62. The first-order valence-corrected chi connectivity index (χ1v) is 12.1. The van der Waals surface area contributed by atoms with E-state index in [-0.39, 0.29) is 0 Å². The summed E-state index contributed by atoms with van der Waals surface area (Å²) in [6.45, 7) is 11.3. The van der Waals surface area contributed by atoms with Crippen molar-refractivity contribution in [3.63, 3.8) is 0 Å². The molecule has 0 saturated carbocycles. The van der Waals surface area contributed by atoms with Gasteiger partial charge in [0.05, 0.1) is 5.60 Å². The van der Waals surface area contributed by atoms with Gasteiger partial charge < -0.3 is 20.2 Å². The molecule has 8 heteroatoms. The summed E-state index contributed by atoms with van der Waals surface area (Å²) in [5.41, 5.74) is 1.35. The van der Waals surface area contributed by atoms with Gasteiger partial charge in [-0.05, 0) is 69.7 Å². The zero-order valence-electron chi connectivity index (χ0n) is 19.1. The number of piperidine rings is 1. The first kappa shape index (κ1) is 23.6. The predicted molar refractivity (Wildman–Crippen MR) is 132 cm³/mol. The minimum atomic E-state index is -0.636. The minimum absolute atomic E-state index is 0.578. The van der Waals surface area contributed by atoms with Gasteiger partial charge in [-0.3, -0.25) is 0 Å². The van der Waals surface area contributed by atoms with Crippen molar-refractivity contribution >= 4 is 35.0 Å². The van der Waals surface area contributed by atoms with Crippen molar-refractivity contribution in [2.24, 2.45) is 11.8 Å². The largest absolute Gasteiger partial charge is 0.389 e. The van der Waals surface area contributed by atoms with Crippen LogP contribution in [-0.4, -0.2) is 58.3 Å².